The maximum Gasteiger partial charge on any atom is 0.189 e. The zero-order valence-corrected chi connectivity index (χ0v) is 12.1. The lowest BCUT2D eigenvalue weighted by Gasteiger charge is -2.02. The normalized spacial score (nSPS) is 10.8. The fraction of sp³-hybridized carbons (Fsp3) is 0.286. The van der Waals surface area contributed by atoms with Crippen LogP contribution in [0.1, 0.15) is 29.9 Å². The number of Topliss-reactive ketones (excluding diaryl/α,β-unsaturated/α-hetero) is 1. The van der Waals surface area contributed by atoms with E-state index in [9.17, 15) is 9.18 Å². The number of ketones is 1. The quantitative estimate of drug-likeness (QED) is 0.822. The van der Waals surface area contributed by atoms with E-state index >= 15 is 0 Å². The highest BCUT2D eigenvalue weighted by Gasteiger charge is 2.17. The van der Waals surface area contributed by atoms with Crippen molar-refractivity contribution in [3.63, 3.8) is 0 Å². The van der Waals surface area contributed by atoms with E-state index in [2.05, 4.69) is 10.3 Å². The van der Waals surface area contributed by atoms with Crippen LogP contribution in [0.4, 0.5) is 21.0 Å². The van der Waals surface area contributed by atoms with Crippen LogP contribution in [-0.2, 0) is 0 Å². The van der Waals surface area contributed by atoms with Gasteiger partial charge < -0.3 is 11.1 Å². The Labute approximate surface area is 120 Å². The van der Waals surface area contributed by atoms with E-state index < -0.39 is 0 Å². The van der Waals surface area contributed by atoms with Crippen LogP contribution in [0.25, 0.3) is 0 Å². The number of hydrogen-bond donors (Lipinski definition) is 2. The summed E-state index contributed by atoms with van der Waals surface area (Å²) in [5.41, 5.74) is 6.47. The molecule has 1 aromatic heterocycles. The van der Waals surface area contributed by atoms with Crippen LogP contribution in [0.15, 0.2) is 24.3 Å². The summed E-state index contributed by atoms with van der Waals surface area (Å²) in [6, 6.07) is 5.90. The number of thiazole rings is 1. The van der Waals surface area contributed by atoms with E-state index in [1.807, 2.05) is 13.8 Å². The smallest absolute Gasteiger partial charge is 0.189 e. The number of hydrogen-bond acceptors (Lipinski definition) is 5. The van der Waals surface area contributed by atoms with Gasteiger partial charge in [-0.1, -0.05) is 25.2 Å². The van der Waals surface area contributed by atoms with Gasteiger partial charge in [-0.05, 0) is 30.2 Å². The predicted octanol–water partition coefficient (Wildman–Crippen LogP) is 3.84. The molecule has 4 nitrogen and oxygen atoms in total. The van der Waals surface area contributed by atoms with Crippen molar-refractivity contribution in [2.24, 2.45) is 5.92 Å². The molecule has 0 aliphatic rings. The molecule has 0 spiro atoms. The molecule has 0 aliphatic carbocycles. The maximum atomic E-state index is 12.8. The Kier molecular flexibility index (Phi) is 4.34. The Morgan fingerprint density at radius 2 is 2.05 bits per heavy atom. The Bertz CT molecular complexity index is 607. The number of aromatic nitrogens is 1. The zero-order valence-electron chi connectivity index (χ0n) is 11.3. The Morgan fingerprint density at radius 3 is 2.65 bits per heavy atom. The Balaban J connectivity index is 2.14. The van der Waals surface area contributed by atoms with Crippen LogP contribution >= 0.6 is 11.3 Å². The summed E-state index contributed by atoms with van der Waals surface area (Å²) in [6.07, 6.45) is 0.447. The lowest BCUT2D eigenvalue weighted by atomic mass is 10.1. The number of nitrogen functional groups attached to an aromatic ring is 1. The minimum absolute atomic E-state index is 0.00200. The molecule has 2 rings (SSSR count). The number of nitrogens with two attached hydrogens (primary N) is 1. The molecule has 0 amide bonds. The summed E-state index contributed by atoms with van der Waals surface area (Å²) in [5, 5.41) is 3.54. The van der Waals surface area contributed by atoms with Gasteiger partial charge in [-0.15, -0.1) is 0 Å². The van der Waals surface area contributed by atoms with Crippen molar-refractivity contribution in [3.05, 3.63) is 35.0 Å². The first-order valence-corrected chi connectivity index (χ1v) is 7.09. The molecular weight excluding hydrogens is 277 g/mol. The van der Waals surface area contributed by atoms with Gasteiger partial charge in [0.15, 0.2) is 10.9 Å². The summed E-state index contributed by atoms with van der Waals surface area (Å²) in [7, 11) is 0. The molecule has 1 heterocycles. The number of nitrogens with one attached hydrogen (secondary N) is 1. The first-order valence-electron chi connectivity index (χ1n) is 6.28. The van der Waals surface area contributed by atoms with Gasteiger partial charge in [0.05, 0.1) is 0 Å². The van der Waals surface area contributed by atoms with Gasteiger partial charge in [-0.3, -0.25) is 4.79 Å². The third-order valence-corrected chi connectivity index (χ3v) is 3.62. The van der Waals surface area contributed by atoms with Crippen LogP contribution in [0, 0.1) is 11.7 Å². The predicted molar refractivity (Wildman–Crippen MR) is 80.0 cm³/mol. The lowest BCUT2D eigenvalue weighted by molar-refractivity contribution is 0.0972. The molecule has 0 aliphatic heterocycles. The summed E-state index contributed by atoms with van der Waals surface area (Å²) in [4.78, 5) is 16.6. The van der Waals surface area contributed by atoms with Crippen LogP contribution in [-0.4, -0.2) is 10.8 Å². The highest BCUT2D eigenvalue weighted by atomic mass is 32.1. The molecule has 106 valence electrons. The molecule has 2 aromatic rings. The van der Waals surface area contributed by atoms with Gasteiger partial charge >= 0.3 is 0 Å². The molecule has 0 unspecified atom stereocenters. The van der Waals surface area contributed by atoms with E-state index in [1.165, 1.54) is 23.5 Å². The summed E-state index contributed by atoms with van der Waals surface area (Å²) < 4.78 is 12.8. The number of carbonyl (C=O) groups is 1. The molecule has 0 saturated carbocycles. The topological polar surface area (TPSA) is 68.0 Å². The maximum absolute atomic E-state index is 12.8. The number of benzene rings is 1. The number of carbonyl (C=O) groups excluding carboxylic acids is 1. The highest BCUT2D eigenvalue weighted by molar-refractivity contribution is 7.18. The third-order valence-electron chi connectivity index (χ3n) is 2.60. The first kappa shape index (κ1) is 14.5. The van der Waals surface area contributed by atoms with Gasteiger partial charge in [0.2, 0.25) is 0 Å². The van der Waals surface area contributed by atoms with E-state index in [4.69, 9.17) is 5.73 Å². The molecule has 3 N–H and O–H groups in total. The second-order valence-electron chi connectivity index (χ2n) is 4.89. The molecule has 0 fully saturated rings. The summed E-state index contributed by atoms with van der Waals surface area (Å²) >= 11 is 1.22. The summed E-state index contributed by atoms with van der Waals surface area (Å²) in [5.74, 6) is 0.215. The van der Waals surface area contributed by atoms with Gasteiger partial charge in [0.25, 0.3) is 0 Å². The molecule has 0 atom stereocenters. The molecule has 1 aromatic carbocycles. The second kappa shape index (κ2) is 6.00. The van der Waals surface area contributed by atoms with Crippen molar-refractivity contribution in [2.45, 2.75) is 20.3 Å². The molecular formula is C14H16FN3OS. The van der Waals surface area contributed by atoms with Crippen LogP contribution < -0.4 is 11.1 Å². The molecule has 20 heavy (non-hydrogen) atoms. The first-order chi connectivity index (χ1) is 9.45. The van der Waals surface area contributed by atoms with Crippen LogP contribution in [0.2, 0.25) is 0 Å². The number of anilines is 3. The van der Waals surface area contributed by atoms with Crippen molar-refractivity contribution in [1.82, 2.24) is 4.98 Å². The number of halogens is 1. The van der Waals surface area contributed by atoms with Gasteiger partial charge in [0, 0.05) is 12.1 Å². The molecule has 6 heteroatoms. The molecule has 0 saturated heterocycles. The van der Waals surface area contributed by atoms with Crippen molar-refractivity contribution in [3.8, 4) is 0 Å². The van der Waals surface area contributed by atoms with Crippen LogP contribution in [0.3, 0.4) is 0 Å². The van der Waals surface area contributed by atoms with E-state index in [-0.39, 0.29) is 23.3 Å². The standard InChI is InChI=1S/C14H16FN3OS/c1-8(2)7-11(19)12-13(16)18-14(20-12)17-10-5-3-9(15)4-6-10/h3-6,8H,7,16H2,1-2H3,(H,17,18). The fourth-order valence-corrected chi connectivity index (χ4v) is 2.56. The van der Waals surface area contributed by atoms with E-state index in [0.29, 0.717) is 22.1 Å². The van der Waals surface area contributed by atoms with Crippen LogP contribution in [0.5, 0.6) is 0 Å². The lowest BCUT2D eigenvalue weighted by Crippen LogP contribution is -2.04. The van der Waals surface area contributed by atoms with Crippen molar-refractivity contribution in [1.29, 1.82) is 0 Å². The van der Waals surface area contributed by atoms with Gasteiger partial charge in [0.1, 0.15) is 16.5 Å². The average Bonchev–Trinajstić information content (AvgIpc) is 2.72. The summed E-state index contributed by atoms with van der Waals surface area (Å²) in [6.45, 7) is 3.96. The monoisotopic (exact) mass is 293 g/mol. The average molecular weight is 293 g/mol. The number of nitrogens with zero attached hydrogens (tertiary/aromatic N) is 1. The highest BCUT2D eigenvalue weighted by Crippen LogP contribution is 2.29. The van der Waals surface area contributed by atoms with Gasteiger partial charge in [-0.2, -0.15) is 0 Å². The Morgan fingerprint density at radius 1 is 1.40 bits per heavy atom. The fourth-order valence-electron chi connectivity index (χ4n) is 1.71. The SMILES string of the molecule is CC(C)CC(=O)c1sc(Nc2ccc(F)cc2)nc1N. The molecule has 0 bridgehead atoms. The minimum Gasteiger partial charge on any atom is -0.382 e. The number of rotatable bonds is 5. The molecule has 0 radical (unpaired) electrons. The van der Waals surface area contributed by atoms with Gasteiger partial charge in [-0.25, -0.2) is 9.37 Å². The second-order valence-corrected chi connectivity index (χ2v) is 5.89. The van der Waals surface area contributed by atoms with Crippen molar-refractivity contribution >= 4 is 33.8 Å². The third kappa shape index (κ3) is 3.54. The Hall–Kier alpha value is -1.95. The van der Waals surface area contributed by atoms with Crippen molar-refractivity contribution in [2.75, 3.05) is 11.1 Å². The largest absolute Gasteiger partial charge is 0.382 e. The zero-order chi connectivity index (χ0) is 14.7. The van der Waals surface area contributed by atoms with E-state index in [0.717, 1.165) is 0 Å². The van der Waals surface area contributed by atoms with E-state index in [1.54, 1.807) is 12.1 Å². The minimum atomic E-state index is -0.304. The van der Waals surface area contributed by atoms with Crippen molar-refractivity contribution < 1.29 is 9.18 Å².